The number of urea groups is 1. The molecule has 0 saturated carbocycles. The van der Waals surface area contributed by atoms with E-state index in [1.807, 2.05) is 6.07 Å². The van der Waals surface area contributed by atoms with Crippen LogP contribution in [0.25, 0.3) is 16.6 Å². The molecule has 0 radical (unpaired) electrons. The number of aromatic nitrogens is 4. The normalized spacial score (nSPS) is 11.9. The Morgan fingerprint density at radius 2 is 1.82 bits per heavy atom. The molecule has 2 heterocycles. The van der Waals surface area contributed by atoms with Gasteiger partial charge in [-0.05, 0) is 49.4 Å². The molecule has 3 aromatic carbocycles. The number of halogens is 4. The summed E-state index contributed by atoms with van der Waals surface area (Å²) in [5, 5.41) is 17.6. The van der Waals surface area contributed by atoms with Crippen LogP contribution in [0.2, 0.25) is 5.02 Å². The average Bonchev–Trinajstić information content (AvgIpc) is 2.97. The van der Waals surface area contributed by atoms with Crippen LogP contribution in [0, 0.1) is 11.3 Å². The van der Waals surface area contributed by atoms with E-state index < -0.39 is 35.1 Å². The van der Waals surface area contributed by atoms with E-state index in [0.29, 0.717) is 5.52 Å². The minimum atomic E-state index is -4.68. The fourth-order valence-corrected chi connectivity index (χ4v) is 4.73. The SMILES string of the molecule is CC(Nc1ncnc(N)c1C#N)c1nc2cccc(Cl)c2c(=O)n1-c1cccc(NC(=O)Nc2ccccc2C(F)(F)F)c1. The number of nitrogens with two attached hydrogens (primary N) is 1. The zero-order chi connectivity index (χ0) is 31.6. The maximum Gasteiger partial charge on any atom is 0.418 e. The standard InChI is InChI=1S/C29H21ClF3N9O2/c1-15(38-25-18(13-34)24(35)36-14-37-25)26-40-22-11-5-9-20(30)23(22)27(43)42(26)17-7-4-6-16(12-17)39-28(44)41-21-10-3-2-8-19(21)29(31,32)33/h2-12,14-15H,1H3,(H2,39,41,44)(H3,35,36,37,38). The summed E-state index contributed by atoms with van der Waals surface area (Å²) in [6.45, 7) is 1.68. The maximum atomic E-state index is 13.9. The number of alkyl halides is 3. The number of hydrogen-bond donors (Lipinski definition) is 4. The van der Waals surface area contributed by atoms with Gasteiger partial charge in [0, 0.05) is 5.69 Å². The molecule has 2 amide bonds. The molecule has 0 spiro atoms. The van der Waals surface area contributed by atoms with Crippen LogP contribution in [0.15, 0.2) is 77.9 Å². The highest BCUT2D eigenvalue weighted by atomic mass is 35.5. The van der Waals surface area contributed by atoms with Gasteiger partial charge in [0.25, 0.3) is 5.56 Å². The van der Waals surface area contributed by atoms with Gasteiger partial charge < -0.3 is 21.7 Å². The third-order valence-electron chi connectivity index (χ3n) is 6.44. The van der Waals surface area contributed by atoms with E-state index in [0.717, 1.165) is 12.1 Å². The second-order valence-electron chi connectivity index (χ2n) is 9.38. The first kappa shape index (κ1) is 29.8. The molecule has 5 N–H and O–H groups in total. The number of fused-ring (bicyclic) bond motifs is 1. The van der Waals surface area contributed by atoms with Crippen molar-refractivity contribution in [3.63, 3.8) is 0 Å². The van der Waals surface area contributed by atoms with Gasteiger partial charge in [0.15, 0.2) is 0 Å². The van der Waals surface area contributed by atoms with Gasteiger partial charge in [-0.25, -0.2) is 19.7 Å². The van der Waals surface area contributed by atoms with Crippen molar-refractivity contribution in [3.05, 3.63) is 105 Å². The van der Waals surface area contributed by atoms with Crippen LogP contribution < -0.4 is 27.2 Å². The molecule has 0 aliphatic heterocycles. The smallest absolute Gasteiger partial charge is 0.382 e. The highest BCUT2D eigenvalue weighted by Crippen LogP contribution is 2.34. The molecule has 1 atom stereocenters. The average molecular weight is 620 g/mol. The highest BCUT2D eigenvalue weighted by Gasteiger charge is 2.33. The molecule has 5 aromatic rings. The summed E-state index contributed by atoms with van der Waals surface area (Å²) in [6.07, 6.45) is -3.50. The van der Waals surface area contributed by atoms with Crippen LogP contribution in [0.5, 0.6) is 0 Å². The minimum absolute atomic E-state index is 0.00128. The van der Waals surface area contributed by atoms with Gasteiger partial charge in [-0.15, -0.1) is 0 Å². The second-order valence-corrected chi connectivity index (χ2v) is 9.78. The van der Waals surface area contributed by atoms with Gasteiger partial charge in [-0.2, -0.15) is 18.4 Å². The first-order chi connectivity index (χ1) is 21.0. The van der Waals surface area contributed by atoms with Crippen molar-refractivity contribution in [1.82, 2.24) is 19.5 Å². The van der Waals surface area contributed by atoms with E-state index in [1.54, 1.807) is 37.3 Å². The Balaban J connectivity index is 1.55. The second kappa shape index (κ2) is 11.9. The van der Waals surface area contributed by atoms with E-state index in [2.05, 4.69) is 30.9 Å². The van der Waals surface area contributed by atoms with Crippen molar-refractivity contribution >= 4 is 51.5 Å². The first-order valence-corrected chi connectivity index (χ1v) is 13.2. The van der Waals surface area contributed by atoms with Crippen molar-refractivity contribution in [1.29, 1.82) is 5.26 Å². The molecule has 1 unspecified atom stereocenters. The Bertz CT molecular complexity index is 2010. The molecular formula is C29H21ClF3N9O2. The molecule has 15 heteroatoms. The number of para-hydroxylation sites is 1. The Labute approximate surface area is 252 Å². The van der Waals surface area contributed by atoms with E-state index in [1.165, 1.54) is 35.2 Å². The number of hydrogen-bond acceptors (Lipinski definition) is 8. The number of carbonyl (C=O) groups is 1. The number of rotatable bonds is 6. The van der Waals surface area contributed by atoms with E-state index in [9.17, 15) is 28.0 Å². The number of nitrogen functional groups attached to an aromatic ring is 1. The van der Waals surface area contributed by atoms with Crippen LogP contribution >= 0.6 is 11.6 Å². The lowest BCUT2D eigenvalue weighted by atomic mass is 10.1. The van der Waals surface area contributed by atoms with Gasteiger partial charge in [-0.3, -0.25) is 9.36 Å². The maximum absolute atomic E-state index is 13.9. The summed E-state index contributed by atoms with van der Waals surface area (Å²) in [7, 11) is 0. The summed E-state index contributed by atoms with van der Waals surface area (Å²) in [4.78, 5) is 39.2. The number of nitrogens with one attached hydrogen (secondary N) is 3. The molecule has 0 fully saturated rings. The van der Waals surface area contributed by atoms with Gasteiger partial charge >= 0.3 is 12.2 Å². The summed E-state index contributed by atoms with van der Waals surface area (Å²) >= 11 is 6.38. The monoisotopic (exact) mass is 619 g/mol. The Hall–Kier alpha value is -5.68. The van der Waals surface area contributed by atoms with Crippen molar-refractivity contribution in [2.75, 3.05) is 21.7 Å². The van der Waals surface area contributed by atoms with Crippen LogP contribution in [-0.4, -0.2) is 25.6 Å². The van der Waals surface area contributed by atoms with Crippen LogP contribution in [0.3, 0.4) is 0 Å². The van der Waals surface area contributed by atoms with Crippen molar-refractivity contribution in [2.45, 2.75) is 19.1 Å². The molecule has 0 bridgehead atoms. The molecule has 11 nitrogen and oxygen atoms in total. The summed E-state index contributed by atoms with van der Waals surface area (Å²) in [5.41, 5.74) is 4.58. The lowest BCUT2D eigenvalue weighted by Crippen LogP contribution is -2.28. The Morgan fingerprint density at radius 1 is 1.07 bits per heavy atom. The van der Waals surface area contributed by atoms with Crippen LogP contribution in [-0.2, 0) is 6.18 Å². The summed E-state index contributed by atoms with van der Waals surface area (Å²) in [5.74, 6) is 0.264. The van der Waals surface area contributed by atoms with Crippen molar-refractivity contribution < 1.29 is 18.0 Å². The van der Waals surface area contributed by atoms with Crippen molar-refractivity contribution in [2.24, 2.45) is 0 Å². The number of anilines is 4. The lowest BCUT2D eigenvalue weighted by Gasteiger charge is -2.21. The van der Waals surface area contributed by atoms with E-state index in [4.69, 9.17) is 17.3 Å². The Kier molecular flexibility index (Phi) is 8.06. The largest absolute Gasteiger partial charge is 0.418 e. The molecule has 44 heavy (non-hydrogen) atoms. The fraction of sp³-hybridized carbons (Fsp3) is 0.103. The predicted molar refractivity (Wildman–Crippen MR) is 160 cm³/mol. The molecule has 5 rings (SSSR count). The number of nitriles is 1. The van der Waals surface area contributed by atoms with E-state index in [-0.39, 0.29) is 44.8 Å². The molecular weight excluding hydrogens is 599 g/mol. The zero-order valence-corrected chi connectivity index (χ0v) is 23.4. The highest BCUT2D eigenvalue weighted by molar-refractivity contribution is 6.35. The number of benzene rings is 3. The summed E-state index contributed by atoms with van der Waals surface area (Å²) in [6, 6.07) is 15.7. The molecule has 222 valence electrons. The Morgan fingerprint density at radius 3 is 2.57 bits per heavy atom. The van der Waals surface area contributed by atoms with Gasteiger partial charge in [0.05, 0.1) is 38.9 Å². The molecule has 0 aliphatic carbocycles. The lowest BCUT2D eigenvalue weighted by molar-refractivity contribution is -0.136. The third kappa shape index (κ3) is 5.94. The van der Waals surface area contributed by atoms with Crippen molar-refractivity contribution in [3.8, 4) is 11.8 Å². The third-order valence-corrected chi connectivity index (χ3v) is 6.76. The quantitative estimate of drug-likeness (QED) is 0.177. The predicted octanol–water partition coefficient (Wildman–Crippen LogP) is 6.12. The first-order valence-electron chi connectivity index (χ1n) is 12.8. The minimum Gasteiger partial charge on any atom is -0.382 e. The fourth-order valence-electron chi connectivity index (χ4n) is 4.48. The number of carbonyl (C=O) groups excluding carboxylic acids is 1. The number of amides is 2. The molecule has 0 saturated heterocycles. The zero-order valence-electron chi connectivity index (χ0n) is 22.6. The van der Waals surface area contributed by atoms with E-state index >= 15 is 0 Å². The topological polar surface area (TPSA) is 164 Å². The molecule has 2 aromatic heterocycles. The van der Waals surface area contributed by atoms with Crippen LogP contribution in [0.1, 0.15) is 29.9 Å². The van der Waals surface area contributed by atoms with Gasteiger partial charge in [0.2, 0.25) is 0 Å². The summed E-state index contributed by atoms with van der Waals surface area (Å²) < 4.78 is 41.4. The van der Waals surface area contributed by atoms with Crippen LogP contribution in [0.4, 0.5) is 41.0 Å². The number of nitrogens with zero attached hydrogens (tertiary/aromatic N) is 5. The van der Waals surface area contributed by atoms with Gasteiger partial charge in [0.1, 0.15) is 35.4 Å². The molecule has 0 aliphatic rings. The van der Waals surface area contributed by atoms with Gasteiger partial charge in [-0.1, -0.05) is 35.9 Å².